The van der Waals surface area contributed by atoms with E-state index in [1.54, 1.807) is 17.0 Å². The van der Waals surface area contributed by atoms with Crippen LogP contribution in [0.2, 0.25) is 5.02 Å². The summed E-state index contributed by atoms with van der Waals surface area (Å²) < 4.78 is 26.7. The zero-order chi connectivity index (χ0) is 16.4. The lowest BCUT2D eigenvalue weighted by molar-refractivity contribution is -0.117. The van der Waals surface area contributed by atoms with Crippen LogP contribution in [0.25, 0.3) is 0 Å². The van der Waals surface area contributed by atoms with Gasteiger partial charge in [-0.15, -0.1) is 0 Å². The molecule has 1 aliphatic heterocycles. The van der Waals surface area contributed by atoms with E-state index in [1.165, 1.54) is 12.1 Å². The van der Waals surface area contributed by atoms with E-state index in [0.717, 1.165) is 17.7 Å². The van der Waals surface area contributed by atoms with Gasteiger partial charge in [0, 0.05) is 17.3 Å². The molecule has 2 aromatic rings. The molecule has 0 aliphatic carbocycles. The molecule has 0 radical (unpaired) electrons. The third kappa shape index (κ3) is 3.39. The van der Waals surface area contributed by atoms with Crippen LogP contribution in [-0.4, -0.2) is 27.4 Å². The van der Waals surface area contributed by atoms with Crippen molar-refractivity contribution in [1.29, 1.82) is 0 Å². The topological polar surface area (TPSA) is 66.5 Å². The predicted molar refractivity (Wildman–Crippen MR) is 89.1 cm³/mol. The Labute approximate surface area is 139 Å². The number of anilines is 1. The number of hydrogen-bond acceptors (Lipinski definition) is 3. The Kier molecular flexibility index (Phi) is 4.39. The van der Waals surface area contributed by atoms with Crippen molar-refractivity contribution in [3.8, 4) is 0 Å². The molecule has 1 amide bonds. The van der Waals surface area contributed by atoms with Crippen molar-refractivity contribution < 1.29 is 13.2 Å². The molecular weight excluding hydrogens is 336 g/mol. The number of nitrogens with zero attached hydrogens (tertiary/aromatic N) is 1. The van der Waals surface area contributed by atoms with Crippen molar-refractivity contribution in [3.05, 3.63) is 59.1 Å². The van der Waals surface area contributed by atoms with E-state index in [-0.39, 0.29) is 17.3 Å². The highest BCUT2D eigenvalue weighted by Gasteiger charge is 2.25. The van der Waals surface area contributed by atoms with E-state index in [1.807, 2.05) is 24.3 Å². The summed E-state index contributed by atoms with van der Waals surface area (Å²) in [5.41, 5.74) is 1.94. The maximum absolute atomic E-state index is 12.3. The summed E-state index contributed by atoms with van der Waals surface area (Å²) in [6.07, 6.45) is 0.781. The number of hydrogen-bond donors (Lipinski definition) is 1. The van der Waals surface area contributed by atoms with Gasteiger partial charge in [-0.25, -0.2) is 13.1 Å². The van der Waals surface area contributed by atoms with E-state index in [2.05, 4.69) is 4.72 Å². The number of nitrogens with one attached hydrogen (secondary N) is 1. The lowest BCUT2D eigenvalue weighted by atomic mass is 10.2. The van der Waals surface area contributed by atoms with Crippen LogP contribution in [0.3, 0.4) is 0 Å². The summed E-state index contributed by atoms with van der Waals surface area (Å²) in [5, 5.41) is 0.327. The summed E-state index contributed by atoms with van der Waals surface area (Å²) in [7, 11) is -3.77. The van der Waals surface area contributed by atoms with Gasteiger partial charge >= 0.3 is 0 Å². The normalized spacial score (nSPS) is 13.9. The highest BCUT2D eigenvalue weighted by Crippen LogP contribution is 2.27. The van der Waals surface area contributed by atoms with Crippen LogP contribution in [0.4, 0.5) is 5.69 Å². The first-order chi connectivity index (χ1) is 11.0. The Morgan fingerprint density at radius 1 is 1.17 bits per heavy atom. The Balaban J connectivity index is 1.70. The number of sulfonamides is 1. The van der Waals surface area contributed by atoms with Crippen molar-refractivity contribution in [1.82, 2.24) is 4.72 Å². The van der Waals surface area contributed by atoms with Crippen LogP contribution in [-0.2, 0) is 21.2 Å². The fourth-order valence-corrected chi connectivity index (χ4v) is 3.84. The minimum absolute atomic E-state index is 0.0413. The highest BCUT2D eigenvalue weighted by atomic mass is 35.5. The van der Waals surface area contributed by atoms with Crippen LogP contribution in [0, 0.1) is 0 Å². The molecule has 0 spiro atoms. The SMILES string of the molecule is O=C(CNS(=O)(=O)c1cccc(Cl)c1)N1CCc2ccccc21. The number of benzene rings is 2. The maximum Gasteiger partial charge on any atom is 0.242 e. The van der Waals surface area contributed by atoms with Crippen LogP contribution in [0.15, 0.2) is 53.4 Å². The highest BCUT2D eigenvalue weighted by molar-refractivity contribution is 7.89. The number of halogens is 1. The van der Waals surface area contributed by atoms with Gasteiger partial charge < -0.3 is 4.90 Å². The van der Waals surface area contributed by atoms with E-state index in [9.17, 15) is 13.2 Å². The Bertz CT molecular complexity index is 852. The molecule has 23 heavy (non-hydrogen) atoms. The molecule has 2 aromatic carbocycles. The van der Waals surface area contributed by atoms with E-state index in [4.69, 9.17) is 11.6 Å². The molecule has 0 saturated carbocycles. The van der Waals surface area contributed by atoms with Crippen LogP contribution in [0.5, 0.6) is 0 Å². The van der Waals surface area contributed by atoms with E-state index >= 15 is 0 Å². The number of carbonyl (C=O) groups is 1. The van der Waals surface area contributed by atoms with Gasteiger partial charge in [-0.05, 0) is 36.2 Å². The average Bonchev–Trinajstić information content (AvgIpc) is 2.97. The molecule has 0 fully saturated rings. The van der Waals surface area contributed by atoms with Crippen LogP contribution in [0.1, 0.15) is 5.56 Å². The van der Waals surface area contributed by atoms with Crippen molar-refractivity contribution in [2.45, 2.75) is 11.3 Å². The minimum Gasteiger partial charge on any atom is -0.311 e. The van der Waals surface area contributed by atoms with Gasteiger partial charge in [-0.2, -0.15) is 0 Å². The first-order valence-corrected chi connectivity index (χ1v) is 8.97. The quantitative estimate of drug-likeness (QED) is 0.919. The zero-order valence-electron chi connectivity index (χ0n) is 12.2. The lowest BCUT2D eigenvalue weighted by Gasteiger charge is -2.17. The predicted octanol–water partition coefficient (Wildman–Crippen LogP) is 2.21. The molecule has 1 N–H and O–H groups in total. The van der Waals surface area contributed by atoms with Gasteiger partial charge in [0.2, 0.25) is 15.9 Å². The van der Waals surface area contributed by atoms with Crippen molar-refractivity contribution in [3.63, 3.8) is 0 Å². The molecule has 5 nitrogen and oxygen atoms in total. The average molecular weight is 351 g/mol. The van der Waals surface area contributed by atoms with Crippen LogP contribution >= 0.6 is 11.6 Å². The van der Waals surface area contributed by atoms with Crippen molar-refractivity contribution >= 4 is 33.2 Å². The molecule has 120 valence electrons. The maximum atomic E-state index is 12.3. The summed E-state index contributed by atoms with van der Waals surface area (Å²) in [4.78, 5) is 14.0. The molecule has 1 aliphatic rings. The van der Waals surface area contributed by atoms with Gasteiger partial charge in [0.05, 0.1) is 11.4 Å². The van der Waals surface area contributed by atoms with Crippen molar-refractivity contribution in [2.24, 2.45) is 0 Å². The molecular formula is C16H15ClN2O3S. The Morgan fingerprint density at radius 3 is 2.74 bits per heavy atom. The Morgan fingerprint density at radius 2 is 1.96 bits per heavy atom. The standard InChI is InChI=1S/C16H15ClN2O3S/c17-13-5-3-6-14(10-13)23(21,22)18-11-16(20)19-9-8-12-4-1-2-7-15(12)19/h1-7,10,18H,8-9,11H2. The van der Waals surface area contributed by atoms with Gasteiger partial charge in [0.15, 0.2) is 0 Å². The monoisotopic (exact) mass is 350 g/mol. The van der Waals surface area contributed by atoms with Crippen molar-refractivity contribution in [2.75, 3.05) is 18.0 Å². The minimum atomic E-state index is -3.77. The Hall–Kier alpha value is -1.89. The summed E-state index contributed by atoms with van der Waals surface area (Å²) in [6.45, 7) is 0.278. The molecule has 7 heteroatoms. The largest absolute Gasteiger partial charge is 0.311 e. The number of rotatable bonds is 4. The molecule has 0 atom stereocenters. The third-order valence-corrected chi connectivity index (χ3v) is 5.34. The van der Waals surface area contributed by atoms with Gasteiger partial charge in [0.25, 0.3) is 0 Å². The molecule has 0 bridgehead atoms. The number of para-hydroxylation sites is 1. The first kappa shape index (κ1) is 16.0. The lowest BCUT2D eigenvalue weighted by Crippen LogP contribution is -2.39. The second-order valence-electron chi connectivity index (χ2n) is 5.21. The second-order valence-corrected chi connectivity index (χ2v) is 7.41. The fraction of sp³-hybridized carbons (Fsp3) is 0.188. The molecule has 0 aromatic heterocycles. The van der Waals surface area contributed by atoms with Gasteiger partial charge in [-0.3, -0.25) is 4.79 Å². The van der Waals surface area contributed by atoms with E-state index in [0.29, 0.717) is 11.6 Å². The number of amides is 1. The van der Waals surface area contributed by atoms with Crippen LogP contribution < -0.4 is 9.62 Å². The zero-order valence-corrected chi connectivity index (χ0v) is 13.8. The second kappa shape index (κ2) is 6.31. The van der Waals surface area contributed by atoms with Gasteiger partial charge in [0.1, 0.15) is 0 Å². The third-order valence-electron chi connectivity index (χ3n) is 3.71. The summed E-state index contributed by atoms with van der Waals surface area (Å²) in [5.74, 6) is -0.277. The molecule has 1 heterocycles. The first-order valence-electron chi connectivity index (χ1n) is 7.11. The smallest absolute Gasteiger partial charge is 0.242 e. The molecule has 0 saturated heterocycles. The number of fused-ring (bicyclic) bond motifs is 1. The fourth-order valence-electron chi connectivity index (χ4n) is 2.57. The summed E-state index contributed by atoms with van der Waals surface area (Å²) in [6, 6.07) is 13.5. The summed E-state index contributed by atoms with van der Waals surface area (Å²) >= 11 is 5.81. The molecule has 3 rings (SSSR count). The number of carbonyl (C=O) groups excluding carboxylic acids is 1. The molecule has 0 unspecified atom stereocenters. The van der Waals surface area contributed by atoms with E-state index < -0.39 is 10.0 Å². The van der Waals surface area contributed by atoms with Gasteiger partial charge in [-0.1, -0.05) is 35.9 Å².